The van der Waals surface area contributed by atoms with Crippen LogP contribution in [0.4, 0.5) is 19.0 Å². The van der Waals surface area contributed by atoms with Crippen molar-refractivity contribution < 1.29 is 18.0 Å². The molecule has 0 radical (unpaired) electrons. The van der Waals surface area contributed by atoms with Crippen LogP contribution in [0.15, 0.2) is 24.5 Å². The summed E-state index contributed by atoms with van der Waals surface area (Å²) in [4.78, 5) is 21.4. The third kappa shape index (κ3) is 2.56. The molecule has 1 aromatic heterocycles. The summed E-state index contributed by atoms with van der Waals surface area (Å²) in [5, 5.41) is 0.605. The fraction of sp³-hybridized carbons (Fsp3) is 0.357. The first-order valence-corrected chi connectivity index (χ1v) is 6.72. The zero-order valence-electron chi connectivity index (χ0n) is 11.5. The van der Waals surface area contributed by atoms with Crippen LogP contribution in [-0.2, 0) is 0 Å². The number of halogens is 3. The van der Waals surface area contributed by atoms with Crippen molar-refractivity contribution in [2.45, 2.75) is 12.6 Å². The van der Waals surface area contributed by atoms with Gasteiger partial charge in [-0.2, -0.15) is 13.2 Å². The fourth-order valence-corrected chi connectivity index (χ4v) is 2.61. The van der Waals surface area contributed by atoms with Gasteiger partial charge in [-0.05, 0) is 24.6 Å². The summed E-state index contributed by atoms with van der Waals surface area (Å²) in [5.74, 6) is -1.58. The van der Waals surface area contributed by atoms with E-state index in [0.29, 0.717) is 22.3 Å². The number of anilines is 1. The zero-order chi connectivity index (χ0) is 15.9. The normalized spacial score (nSPS) is 18.9. The fourth-order valence-electron chi connectivity index (χ4n) is 2.61. The van der Waals surface area contributed by atoms with Gasteiger partial charge in [0.15, 0.2) is 0 Å². The number of nitrogens with zero attached hydrogens (tertiary/aromatic N) is 3. The molecule has 1 saturated heterocycles. The van der Waals surface area contributed by atoms with E-state index in [4.69, 9.17) is 5.73 Å². The average molecular weight is 310 g/mol. The molecule has 1 amide bonds. The number of carbonyl (C=O) groups excluding carboxylic acids is 1. The van der Waals surface area contributed by atoms with Gasteiger partial charge in [0.1, 0.15) is 12.1 Å². The third-order valence-corrected chi connectivity index (χ3v) is 3.85. The summed E-state index contributed by atoms with van der Waals surface area (Å²) in [5.41, 5.74) is 6.49. The molecule has 0 bridgehead atoms. The first-order chi connectivity index (χ1) is 10.4. The summed E-state index contributed by atoms with van der Waals surface area (Å²) < 4.78 is 38.1. The van der Waals surface area contributed by atoms with Crippen molar-refractivity contribution in [1.29, 1.82) is 0 Å². The lowest BCUT2D eigenvalue weighted by atomic mass is 10.1. The number of aromatic nitrogens is 2. The number of nitrogen functional groups attached to an aromatic ring is 1. The number of likely N-dealkylation sites (tertiary alicyclic amines) is 1. The Morgan fingerprint density at radius 2 is 2.09 bits per heavy atom. The molecule has 1 aromatic carbocycles. The van der Waals surface area contributed by atoms with E-state index >= 15 is 0 Å². The quantitative estimate of drug-likeness (QED) is 0.877. The van der Waals surface area contributed by atoms with Crippen LogP contribution in [0.3, 0.4) is 0 Å². The third-order valence-electron chi connectivity index (χ3n) is 3.85. The second kappa shape index (κ2) is 5.11. The smallest absolute Gasteiger partial charge is 0.383 e. The Bertz CT molecular complexity index is 732. The van der Waals surface area contributed by atoms with Crippen molar-refractivity contribution in [2.75, 3.05) is 18.8 Å². The number of carbonyl (C=O) groups is 1. The van der Waals surface area contributed by atoms with Crippen molar-refractivity contribution in [1.82, 2.24) is 14.9 Å². The lowest BCUT2D eigenvalue weighted by molar-refractivity contribution is -0.169. The molecule has 1 unspecified atom stereocenters. The van der Waals surface area contributed by atoms with Crippen LogP contribution in [0.2, 0.25) is 0 Å². The predicted octanol–water partition coefficient (Wildman–Crippen LogP) is 2.24. The number of fused-ring (bicyclic) bond motifs is 1. The van der Waals surface area contributed by atoms with E-state index in [1.54, 1.807) is 6.07 Å². The van der Waals surface area contributed by atoms with E-state index in [1.165, 1.54) is 23.4 Å². The molecule has 0 spiro atoms. The van der Waals surface area contributed by atoms with E-state index in [-0.39, 0.29) is 19.5 Å². The SMILES string of the molecule is Nc1ncnc2cc(C(=O)N3CCC(C(F)(F)F)C3)ccc12. The Morgan fingerprint density at radius 3 is 2.77 bits per heavy atom. The maximum Gasteiger partial charge on any atom is 0.393 e. The Kier molecular flexibility index (Phi) is 3.38. The molecule has 2 heterocycles. The highest BCUT2D eigenvalue weighted by Crippen LogP contribution is 2.34. The molecule has 5 nitrogen and oxygen atoms in total. The highest BCUT2D eigenvalue weighted by molar-refractivity contribution is 5.99. The van der Waals surface area contributed by atoms with E-state index in [1.807, 2.05) is 0 Å². The average Bonchev–Trinajstić information content (AvgIpc) is 2.96. The second-order valence-electron chi connectivity index (χ2n) is 5.27. The summed E-state index contributed by atoms with van der Waals surface area (Å²) in [6.07, 6.45) is -3.04. The number of amides is 1. The van der Waals surface area contributed by atoms with Crippen molar-refractivity contribution in [2.24, 2.45) is 5.92 Å². The Morgan fingerprint density at radius 1 is 1.32 bits per heavy atom. The zero-order valence-corrected chi connectivity index (χ0v) is 11.5. The van der Waals surface area contributed by atoms with Gasteiger partial charge in [-0.25, -0.2) is 9.97 Å². The summed E-state index contributed by atoms with van der Waals surface area (Å²) >= 11 is 0. The molecule has 1 aliphatic heterocycles. The number of hydrogen-bond acceptors (Lipinski definition) is 4. The van der Waals surface area contributed by atoms with Crippen molar-refractivity contribution in [3.8, 4) is 0 Å². The summed E-state index contributed by atoms with van der Waals surface area (Å²) in [7, 11) is 0. The van der Waals surface area contributed by atoms with Crippen LogP contribution in [0, 0.1) is 5.92 Å². The molecule has 2 aromatic rings. The monoisotopic (exact) mass is 310 g/mol. The second-order valence-corrected chi connectivity index (χ2v) is 5.27. The molecule has 0 aliphatic carbocycles. The van der Waals surface area contributed by atoms with Crippen LogP contribution in [0.1, 0.15) is 16.8 Å². The standard InChI is InChI=1S/C14H13F3N4O/c15-14(16,17)9-3-4-21(6-9)13(22)8-1-2-10-11(5-8)19-7-20-12(10)18/h1-2,5,7,9H,3-4,6H2,(H2,18,19,20). The topological polar surface area (TPSA) is 72.1 Å². The van der Waals surface area contributed by atoms with E-state index < -0.39 is 18.0 Å². The molecule has 1 aliphatic rings. The lowest BCUT2D eigenvalue weighted by Gasteiger charge is -2.18. The molecule has 8 heteroatoms. The Labute approximate surface area is 123 Å². The molecule has 3 rings (SSSR count). The maximum atomic E-state index is 12.7. The maximum absolute atomic E-state index is 12.7. The van der Waals surface area contributed by atoms with Gasteiger partial charge in [-0.3, -0.25) is 4.79 Å². The van der Waals surface area contributed by atoms with Crippen LogP contribution in [0.5, 0.6) is 0 Å². The molecule has 0 saturated carbocycles. The van der Waals surface area contributed by atoms with Gasteiger partial charge < -0.3 is 10.6 Å². The number of benzene rings is 1. The van der Waals surface area contributed by atoms with Crippen LogP contribution >= 0.6 is 0 Å². The number of alkyl halides is 3. The first-order valence-electron chi connectivity index (χ1n) is 6.72. The van der Waals surface area contributed by atoms with Crippen molar-refractivity contribution in [3.63, 3.8) is 0 Å². The minimum absolute atomic E-state index is 0.0576. The molecule has 22 heavy (non-hydrogen) atoms. The van der Waals surface area contributed by atoms with Crippen molar-refractivity contribution >= 4 is 22.6 Å². The largest absolute Gasteiger partial charge is 0.393 e. The van der Waals surface area contributed by atoms with E-state index in [0.717, 1.165) is 0 Å². The minimum Gasteiger partial charge on any atom is -0.383 e. The molecule has 1 atom stereocenters. The first kappa shape index (κ1) is 14.6. The highest BCUT2D eigenvalue weighted by Gasteiger charge is 2.44. The van der Waals surface area contributed by atoms with Gasteiger partial charge in [-0.15, -0.1) is 0 Å². The highest BCUT2D eigenvalue weighted by atomic mass is 19.4. The Balaban J connectivity index is 1.84. The molecule has 1 fully saturated rings. The van der Waals surface area contributed by atoms with Gasteiger partial charge in [0, 0.05) is 24.0 Å². The van der Waals surface area contributed by atoms with Crippen molar-refractivity contribution in [3.05, 3.63) is 30.1 Å². The summed E-state index contributed by atoms with van der Waals surface area (Å²) in [6.45, 7) is -0.195. The van der Waals surface area contributed by atoms with Gasteiger partial charge in [0.05, 0.1) is 11.4 Å². The molecular weight excluding hydrogens is 297 g/mol. The molecular formula is C14H13F3N4O. The number of rotatable bonds is 1. The van der Waals surface area contributed by atoms with Crippen LogP contribution in [0.25, 0.3) is 10.9 Å². The van der Waals surface area contributed by atoms with Gasteiger partial charge in [-0.1, -0.05) is 0 Å². The predicted molar refractivity (Wildman–Crippen MR) is 74.0 cm³/mol. The molecule has 2 N–H and O–H groups in total. The minimum atomic E-state index is -4.26. The van der Waals surface area contributed by atoms with Gasteiger partial charge in [0.2, 0.25) is 0 Å². The molecule has 116 valence electrons. The number of hydrogen-bond donors (Lipinski definition) is 1. The van der Waals surface area contributed by atoms with E-state index in [2.05, 4.69) is 9.97 Å². The lowest BCUT2D eigenvalue weighted by Crippen LogP contribution is -2.31. The van der Waals surface area contributed by atoms with Gasteiger partial charge >= 0.3 is 6.18 Å². The summed E-state index contributed by atoms with van der Waals surface area (Å²) in [6, 6.07) is 4.66. The van der Waals surface area contributed by atoms with E-state index in [9.17, 15) is 18.0 Å². The van der Waals surface area contributed by atoms with Crippen LogP contribution in [-0.4, -0.2) is 40.0 Å². The van der Waals surface area contributed by atoms with Crippen LogP contribution < -0.4 is 5.73 Å². The van der Waals surface area contributed by atoms with Gasteiger partial charge in [0.25, 0.3) is 5.91 Å². The number of nitrogens with two attached hydrogens (primary N) is 1. The Hall–Kier alpha value is -2.38.